The van der Waals surface area contributed by atoms with E-state index in [1.54, 1.807) is 12.1 Å². The average molecular weight is 387 g/mol. The van der Waals surface area contributed by atoms with Crippen molar-refractivity contribution in [2.75, 3.05) is 13.2 Å². The van der Waals surface area contributed by atoms with Gasteiger partial charge in [0.1, 0.15) is 5.75 Å². The number of nitrogens with zero attached hydrogens (tertiary/aromatic N) is 1. The van der Waals surface area contributed by atoms with E-state index in [1.165, 1.54) is 4.90 Å². The van der Waals surface area contributed by atoms with Gasteiger partial charge in [-0.3, -0.25) is 34.9 Å². The number of benzene rings is 1. The second kappa shape index (κ2) is 8.86. The maximum atomic E-state index is 12.4. The molecule has 1 aromatic carbocycles. The normalized spacial score (nSPS) is 21.2. The highest BCUT2D eigenvalue weighted by Gasteiger charge is 2.47. The third-order valence-corrected chi connectivity index (χ3v) is 5.29. The van der Waals surface area contributed by atoms with Gasteiger partial charge in [0.2, 0.25) is 17.7 Å². The van der Waals surface area contributed by atoms with Gasteiger partial charge in [0, 0.05) is 13.0 Å². The van der Waals surface area contributed by atoms with Gasteiger partial charge in [-0.15, -0.1) is 0 Å². The van der Waals surface area contributed by atoms with Crippen molar-refractivity contribution in [2.24, 2.45) is 11.8 Å². The summed E-state index contributed by atoms with van der Waals surface area (Å²) in [5, 5.41) is 0. The number of fused-ring (bicyclic) bond motifs is 1. The number of rotatable bonds is 6. The summed E-state index contributed by atoms with van der Waals surface area (Å²) >= 11 is 0. The van der Waals surface area contributed by atoms with Crippen LogP contribution >= 0.6 is 0 Å². The lowest BCUT2D eigenvalue weighted by Crippen LogP contribution is -2.45. The molecule has 0 unspecified atom stereocenters. The Morgan fingerprint density at radius 1 is 1.04 bits per heavy atom. The number of hydrazine groups is 1. The molecule has 2 fully saturated rings. The van der Waals surface area contributed by atoms with Gasteiger partial charge in [0.15, 0.2) is 6.61 Å². The number of amides is 4. The molecular weight excluding hydrogens is 362 g/mol. The number of nitrogens with one attached hydrogen (secondary N) is 2. The summed E-state index contributed by atoms with van der Waals surface area (Å²) in [6, 6.07) is 7.29. The number of carbonyl (C=O) groups is 4. The first-order valence-corrected chi connectivity index (χ1v) is 9.58. The van der Waals surface area contributed by atoms with Crippen molar-refractivity contribution in [3.05, 3.63) is 29.8 Å². The monoisotopic (exact) mass is 387 g/mol. The quantitative estimate of drug-likeness (QED) is 0.562. The largest absolute Gasteiger partial charge is 0.483 e. The molecule has 8 nitrogen and oxygen atoms in total. The fraction of sp³-hybridized carbons (Fsp3) is 0.500. The number of hydrogen-bond acceptors (Lipinski definition) is 5. The molecule has 2 atom stereocenters. The van der Waals surface area contributed by atoms with Crippen LogP contribution in [-0.4, -0.2) is 41.7 Å². The Morgan fingerprint density at radius 2 is 1.64 bits per heavy atom. The molecule has 1 saturated carbocycles. The van der Waals surface area contributed by atoms with Crippen LogP contribution in [0.25, 0.3) is 0 Å². The van der Waals surface area contributed by atoms with Crippen molar-refractivity contribution < 1.29 is 23.9 Å². The fourth-order valence-electron chi connectivity index (χ4n) is 3.76. The third-order valence-electron chi connectivity index (χ3n) is 5.29. The molecule has 1 aliphatic heterocycles. The molecule has 4 amide bonds. The van der Waals surface area contributed by atoms with Gasteiger partial charge in [0.25, 0.3) is 5.91 Å². The molecule has 1 aromatic rings. The minimum atomic E-state index is -0.504. The number of imide groups is 1. The lowest BCUT2D eigenvalue weighted by molar-refractivity contribution is -0.140. The molecule has 1 saturated heterocycles. The van der Waals surface area contributed by atoms with Crippen LogP contribution in [0.2, 0.25) is 0 Å². The van der Waals surface area contributed by atoms with Crippen LogP contribution in [0.3, 0.4) is 0 Å². The summed E-state index contributed by atoms with van der Waals surface area (Å²) in [7, 11) is 0. The number of aryl methyl sites for hydroxylation is 1. The zero-order valence-electron chi connectivity index (χ0n) is 15.9. The lowest BCUT2D eigenvalue weighted by Gasteiger charge is -2.19. The Hall–Kier alpha value is -2.90. The van der Waals surface area contributed by atoms with Crippen molar-refractivity contribution in [2.45, 2.75) is 39.0 Å². The summed E-state index contributed by atoms with van der Waals surface area (Å²) in [6.45, 7) is 1.66. The number of likely N-dealkylation sites (tertiary alicyclic amines) is 1. The standard InChI is InChI=1S/C20H25N3O5/c1-13-6-2-5-9-16(13)28-12-18(25)22-21-17(24)10-11-23-19(26)14-7-3-4-8-15(14)20(23)27/h2,5-6,9,14-15H,3-4,7-8,10-12H2,1H3,(H,21,24)(H,22,25)/t14-,15-/m1/s1. The van der Waals surface area contributed by atoms with Crippen LogP contribution < -0.4 is 15.6 Å². The second-order valence-corrected chi connectivity index (χ2v) is 7.23. The van der Waals surface area contributed by atoms with Gasteiger partial charge in [-0.25, -0.2) is 0 Å². The first kappa shape index (κ1) is 19.9. The van der Waals surface area contributed by atoms with Crippen LogP contribution in [0, 0.1) is 18.8 Å². The SMILES string of the molecule is Cc1ccccc1OCC(=O)NNC(=O)CCN1C(=O)[C@@H]2CCCC[C@H]2C1=O. The van der Waals surface area contributed by atoms with Crippen LogP contribution in [0.15, 0.2) is 24.3 Å². The Morgan fingerprint density at radius 3 is 2.29 bits per heavy atom. The summed E-state index contributed by atoms with van der Waals surface area (Å²) in [4.78, 5) is 49.7. The summed E-state index contributed by atoms with van der Waals surface area (Å²) < 4.78 is 5.39. The average Bonchev–Trinajstić information content (AvgIpc) is 2.94. The number of para-hydroxylation sites is 1. The molecule has 28 heavy (non-hydrogen) atoms. The van der Waals surface area contributed by atoms with Gasteiger partial charge in [-0.1, -0.05) is 31.0 Å². The van der Waals surface area contributed by atoms with Crippen molar-refractivity contribution >= 4 is 23.6 Å². The molecule has 0 spiro atoms. The first-order valence-electron chi connectivity index (χ1n) is 9.58. The lowest BCUT2D eigenvalue weighted by atomic mass is 9.81. The van der Waals surface area contributed by atoms with Gasteiger partial charge >= 0.3 is 0 Å². The maximum absolute atomic E-state index is 12.4. The van der Waals surface area contributed by atoms with Crippen molar-refractivity contribution in [3.63, 3.8) is 0 Å². The smallest absolute Gasteiger partial charge is 0.276 e. The molecule has 2 aliphatic rings. The molecule has 0 aromatic heterocycles. The Bertz CT molecular complexity index is 755. The van der Waals surface area contributed by atoms with E-state index in [0.717, 1.165) is 31.2 Å². The van der Waals surface area contributed by atoms with Crippen molar-refractivity contribution in [1.82, 2.24) is 15.8 Å². The van der Waals surface area contributed by atoms with Crippen LogP contribution in [0.1, 0.15) is 37.7 Å². The fourth-order valence-corrected chi connectivity index (χ4v) is 3.76. The van der Waals surface area contributed by atoms with E-state index in [0.29, 0.717) is 5.75 Å². The minimum Gasteiger partial charge on any atom is -0.483 e. The number of carbonyl (C=O) groups excluding carboxylic acids is 4. The van der Waals surface area contributed by atoms with Crippen molar-refractivity contribution in [3.8, 4) is 5.75 Å². The van der Waals surface area contributed by atoms with E-state index in [9.17, 15) is 19.2 Å². The molecule has 1 heterocycles. The molecule has 2 N–H and O–H groups in total. The Labute approximate surface area is 163 Å². The molecule has 150 valence electrons. The van der Waals surface area contributed by atoms with Gasteiger partial charge in [-0.05, 0) is 31.4 Å². The predicted octanol–water partition coefficient (Wildman–Crippen LogP) is 1.09. The van der Waals surface area contributed by atoms with Crippen molar-refractivity contribution in [1.29, 1.82) is 0 Å². The van der Waals surface area contributed by atoms with E-state index in [2.05, 4.69) is 10.9 Å². The second-order valence-electron chi connectivity index (χ2n) is 7.23. The summed E-state index contributed by atoms with van der Waals surface area (Å²) in [6.07, 6.45) is 3.36. The minimum absolute atomic E-state index is 0.0338. The van der Waals surface area contributed by atoms with Gasteiger partial charge in [-0.2, -0.15) is 0 Å². The van der Waals surface area contributed by atoms with E-state index in [4.69, 9.17) is 4.74 Å². The molecule has 8 heteroatoms. The highest BCUT2D eigenvalue weighted by Crippen LogP contribution is 2.37. The molecule has 1 aliphatic carbocycles. The zero-order chi connectivity index (χ0) is 20.1. The van der Waals surface area contributed by atoms with Gasteiger partial charge < -0.3 is 4.74 Å². The van der Waals surface area contributed by atoms with E-state index in [-0.39, 0.29) is 43.2 Å². The highest BCUT2D eigenvalue weighted by molar-refractivity contribution is 6.05. The Balaban J connectivity index is 1.38. The first-order chi connectivity index (χ1) is 13.5. The van der Waals surface area contributed by atoms with Crippen LogP contribution in [0.5, 0.6) is 5.75 Å². The Kier molecular flexibility index (Phi) is 6.28. The predicted molar refractivity (Wildman–Crippen MR) is 99.7 cm³/mol. The van der Waals surface area contributed by atoms with E-state index in [1.807, 2.05) is 19.1 Å². The highest BCUT2D eigenvalue weighted by atomic mass is 16.5. The summed E-state index contributed by atoms with van der Waals surface area (Å²) in [5.41, 5.74) is 5.45. The number of hydrogen-bond donors (Lipinski definition) is 2. The van der Waals surface area contributed by atoms with Gasteiger partial charge in [0.05, 0.1) is 11.8 Å². The molecule has 3 rings (SSSR count). The maximum Gasteiger partial charge on any atom is 0.276 e. The van der Waals surface area contributed by atoms with E-state index >= 15 is 0 Å². The molecule has 0 bridgehead atoms. The summed E-state index contributed by atoms with van der Waals surface area (Å²) in [5.74, 6) is -1.16. The van der Waals surface area contributed by atoms with Crippen LogP contribution in [-0.2, 0) is 19.2 Å². The molecule has 0 radical (unpaired) electrons. The van der Waals surface area contributed by atoms with Crippen LogP contribution in [0.4, 0.5) is 0 Å². The molecular formula is C20H25N3O5. The van der Waals surface area contributed by atoms with E-state index < -0.39 is 11.8 Å². The number of ether oxygens (including phenoxy) is 1. The third kappa shape index (κ3) is 4.49. The topological polar surface area (TPSA) is 105 Å². The zero-order valence-corrected chi connectivity index (χ0v) is 15.9.